The smallest absolute Gasteiger partial charge is 0.0465 e. The molecule has 0 amide bonds. The van der Waals surface area contributed by atoms with Crippen molar-refractivity contribution >= 4 is 27.8 Å². The standard InChI is InChI=1S/C16H15N3/c1-11-14(17)5-3-6-15(11)19-16-7-2-4-12-10-18-9-8-13(12)16/h2-10,19H,17H2,1H3. The van der Waals surface area contributed by atoms with Crippen LogP contribution in [0.4, 0.5) is 17.1 Å². The van der Waals surface area contributed by atoms with Crippen LogP contribution in [0.15, 0.2) is 54.9 Å². The summed E-state index contributed by atoms with van der Waals surface area (Å²) in [7, 11) is 0. The molecule has 3 rings (SSSR count). The fourth-order valence-corrected chi connectivity index (χ4v) is 2.17. The Morgan fingerprint density at radius 3 is 2.68 bits per heavy atom. The van der Waals surface area contributed by atoms with Crippen LogP contribution in [0.5, 0.6) is 0 Å². The first-order valence-electron chi connectivity index (χ1n) is 6.20. The van der Waals surface area contributed by atoms with E-state index in [4.69, 9.17) is 5.73 Å². The highest BCUT2D eigenvalue weighted by Crippen LogP contribution is 2.28. The molecule has 3 nitrogen and oxygen atoms in total. The number of pyridine rings is 1. The van der Waals surface area contributed by atoms with Crippen molar-refractivity contribution in [3.8, 4) is 0 Å². The summed E-state index contributed by atoms with van der Waals surface area (Å²) in [5, 5.41) is 5.72. The molecule has 0 aliphatic rings. The monoisotopic (exact) mass is 249 g/mol. The number of fused-ring (bicyclic) bond motifs is 1. The van der Waals surface area contributed by atoms with Crippen LogP contribution in [0.25, 0.3) is 10.8 Å². The highest BCUT2D eigenvalue weighted by molar-refractivity contribution is 5.95. The lowest BCUT2D eigenvalue weighted by atomic mass is 10.1. The van der Waals surface area contributed by atoms with E-state index in [9.17, 15) is 0 Å². The molecule has 0 spiro atoms. The number of hydrogen-bond acceptors (Lipinski definition) is 3. The molecule has 3 aromatic rings. The van der Waals surface area contributed by atoms with Crippen molar-refractivity contribution in [2.24, 2.45) is 0 Å². The summed E-state index contributed by atoms with van der Waals surface area (Å²) < 4.78 is 0. The fraction of sp³-hybridized carbons (Fsp3) is 0.0625. The van der Waals surface area contributed by atoms with E-state index >= 15 is 0 Å². The molecule has 94 valence electrons. The van der Waals surface area contributed by atoms with Gasteiger partial charge in [-0.3, -0.25) is 4.98 Å². The van der Waals surface area contributed by atoms with Crippen molar-refractivity contribution in [3.05, 3.63) is 60.4 Å². The average Bonchev–Trinajstić information content (AvgIpc) is 2.44. The first-order chi connectivity index (χ1) is 9.25. The van der Waals surface area contributed by atoms with Gasteiger partial charge in [-0.1, -0.05) is 18.2 Å². The third-order valence-corrected chi connectivity index (χ3v) is 3.33. The van der Waals surface area contributed by atoms with Gasteiger partial charge in [0.25, 0.3) is 0 Å². The van der Waals surface area contributed by atoms with Crippen LogP contribution in [-0.4, -0.2) is 4.98 Å². The van der Waals surface area contributed by atoms with Gasteiger partial charge in [0.2, 0.25) is 0 Å². The second kappa shape index (κ2) is 4.61. The zero-order valence-electron chi connectivity index (χ0n) is 10.7. The minimum absolute atomic E-state index is 0.798. The van der Waals surface area contributed by atoms with E-state index in [1.165, 1.54) is 0 Å². The predicted molar refractivity (Wildman–Crippen MR) is 80.6 cm³/mol. The summed E-state index contributed by atoms with van der Waals surface area (Å²) in [6.07, 6.45) is 3.67. The van der Waals surface area contributed by atoms with E-state index < -0.39 is 0 Å². The molecule has 0 fully saturated rings. The molecule has 0 unspecified atom stereocenters. The topological polar surface area (TPSA) is 50.9 Å². The van der Waals surface area contributed by atoms with Crippen molar-refractivity contribution in [1.82, 2.24) is 4.98 Å². The predicted octanol–water partition coefficient (Wildman–Crippen LogP) is 3.87. The molecule has 0 saturated carbocycles. The Labute approximate surface area is 112 Å². The van der Waals surface area contributed by atoms with Crippen LogP contribution in [-0.2, 0) is 0 Å². The molecule has 0 radical (unpaired) electrons. The highest BCUT2D eigenvalue weighted by Gasteiger charge is 2.04. The minimum Gasteiger partial charge on any atom is -0.398 e. The lowest BCUT2D eigenvalue weighted by Gasteiger charge is -2.13. The van der Waals surface area contributed by atoms with Gasteiger partial charge in [-0.05, 0) is 36.8 Å². The van der Waals surface area contributed by atoms with Gasteiger partial charge in [0, 0.05) is 40.2 Å². The van der Waals surface area contributed by atoms with Crippen LogP contribution in [0, 0.1) is 6.92 Å². The Morgan fingerprint density at radius 1 is 1.00 bits per heavy atom. The minimum atomic E-state index is 0.798. The Bertz CT molecular complexity index is 730. The molecular formula is C16H15N3. The summed E-state index contributed by atoms with van der Waals surface area (Å²) in [5.74, 6) is 0. The molecule has 0 atom stereocenters. The first kappa shape index (κ1) is 11.5. The van der Waals surface area contributed by atoms with Gasteiger partial charge in [0.1, 0.15) is 0 Å². The number of nitrogens with two attached hydrogens (primary N) is 1. The first-order valence-corrected chi connectivity index (χ1v) is 6.20. The lowest BCUT2D eigenvalue weighted by Crippen LogP contribution is -1.97. The average molecular weight is 249 g/mol. The van der Waals surface area contributed by atoms with Gasteiger partial charge >= 0.3 is 0 Å². The molecule has 0 aliphatic carbocycles. The van der Waals surface area contributed by atoms with Crippen LogP contribution in [0.1, 0.15) is 5.56 Å². The van der Waals surface area contributed by atoms with Crippen molar-refractivity contribution < 1.29 is 0 Å². The quantitative estimate of drug-likeness (QED) is 0.678. The Hall–Kier alpha value is -2.55. The van der Waals surface area contributed by atoms with Gasteiger partial charge in [-0.25, -0.2) is 0 Å². The number of nitrogens with zero attached hydrogens (tertiary/aromatic N) is 1. The summed E-state index contributed by atoms with van der Waals surface area (Å²) in [6, 6.07) is 14.1. The molecule has 1 heterocycles. The number of benzene rings is 2. The van der Waals surface area contributed by atoms with Crippen LogP contribution >= 0.6 is 0 Å². The summed E-state index contributed by atoms with van der Waals surface area (Å²) in [5.41, 5.74) is 9.89. The van der Waals surface area contributed by atoms with Gasteiger partial charge in [-0.2, -0.15) is 0 Å². The van der Waals surface area contributed by atoms with E-state index in [1.807, 2.05) is 43.5 Å². The van der Waals surface area contributed by atoms with Gasteiger partial charge in [0.05, 0.1) is 0 Å². The van der Waals surface area contributed by atoms with E-state index in [1.54, 1.807) is 6.20 Å². The largest absolute Gasteiger partial charge is 0.398 e. The Kier molecular flexibility index (Phi) is 2.80. The number of hydrogen-bond donors (Lipinski definition) is 2. The second-order valence-electron chi connectivity index (χ2n) is 4.55. The summed E-state index contributed by atoms with van der Waals surface area (Å²) in [4.78, 5) is 4.14. The van der Waals surface area contributed by atoms with Gasteiger partial charge < -0.3 is 11.1 Å². The van der Waals surface area contributed by atoms with E-state index in [0.29, 0.717) is 0 Å². The summed E-state index contributed by atoms with van der Waals surface area (Å²) >= 11 is 0. The van der Waals surface area contributed by atoms with Crippen molar-refractivity contribution in [3.63, 3.8) is 0 Å². The number of rotatable bonds is 2. The summed E-state index contributed by atoms with van der Waals surface area (Å²) in [6.45, 7) is 2.02. The number of nitrogen functional groups attached to an aromatic ring is 1. The van der Waals surface area contributed by atoms with Gasteiger partial charge in [-0.15, -0.1) is 0 Å². The number of nitrogens with one attached hydrogen (secondary N) is 1. The zero-order valence-corrected chi connectivity index (χ0v) is 10.7. The van der Waals surface area contributed by atoms with Crippen LogP contribution < -0.4 is 11.1 Å². The molecule has 19 heavy (non-hydrogen) atoms. The molecule has 3 heteroatoms. The maximum absolute atomic E-state index is 5.94. The third-order valence-electron chi connectivity index (χ3n) is 3.33. The fourth-order valence-electron chi connectivity index (χ4n) is 2.17. The third kappa shape index (κ3) is 2.10. The Morgan fingerprint density at radius 2 is 1.79 bits per heavy atom. The highest BCUT2D eigenvalue weighted by atomic mass is 14.9. The van der Waals surface area contributed by atoms with Crippen molar-refractivity contribution in [1.29, 1.82) is 0 Å². The molecule has 0 bridgehead atoms. The molecular weight excluding hydrogens is 234 g/mol. The SMILES string of the molecule is Cc1c(N)cccc1Nc1cccc2cnccc12. The molecule has 1 aromatic heterocycles. The number of anilines is 3. The maximum Gasteiger partial charge on any atom is 0.0465 e. The molecule has 0 saturated heterocycles. The van der Waals surface area contributed by atoms with Gasteiger partial charge in [0.15, 0.2) is 0 Å². The molecule has 2 aromatic carbocycles. The van der Waals surface area contributed by atoms with Crippen LogP contribution in [0.2, 0.25) is 0 Å². The van der Waals surface area contributed by atoms with Crippen LogP contribution in [0.3, 0.4) is 0 Å². The van der Waals surface area contributed by atoms with E-state index in [2.05, 4.69) is 22.4 Å². The van der Waals surface area contributed by atoms with E-state index in [-0.39, 0.29) is 0 Å². The van der Waals surface area contributed by atoms with Crippen molar-refractivity contribution in [2.75, 3.05) is 11.1 Å². The lowest BCUT2D eigenvalue weighted by molar-refractivity contribution is 1.36. The molecule has 0 aliphatic heterocycles. The molecule has 3 N–H and O–H groups in total. The second-order valence-corrected chi connectivity index (χ2v) is 4.55. The maximum atomic E-state index is 5.94. The zero-order chi connectivity index (χ0) is 13.2. The normalized spacial score (nSPS) is 10.6. The van der Waals surface area contributed by atoms with Crippen molar-refractivity contribution in [2.45, 2.75) is 6.92 Å². The van der Waals surface area contributed by atoms with E-state index in [0.717, 1.165) is 33.4 Å². The number of aromatic nitrogens is 1. The Balaban J connectivity index is 2.09.